The van der Waals surface area contributed by atoms with E-state index in [2.05, 4.69) is 10.2 Å². The first-order chi connectivity index (χ1) is 5.13. The van der Waals surface area contributed by atoms with E-state index in [-0.39, 0.29) is 5.91 Å². The van der Waals surface area contributed by atoms with Gasteiger partial charge in [0.1, 0.15) is 0 Å². The number of hydrogen-bond acceptors (Lipinski definition) is 2. The highest BCUT2D eigenvalue weighted by molar-refractivity contribution is 5.93. The summed E-state index contributed by atoms with van der Waals surface area (Å²) in [6, 6.07) is 0. The molecule has 1 rings (SSSR count). The number of rotatable bonds is 1. The summed E-state index contributed by atoms with van der Waals surface area (Å²) < 4.78 is 0. The molecule has 0 aliphatic heterocycles. The summed E-state index contributed by atoms with van der Waals surface area (Å²) in [5, 5.41) is 6.46. The number of hydrogen-bond donors (Lipinski definition) is 1. The second kappa shape index (κ2) is 2.74. The first-order valence-electron chi connectivity index (χ1n) is 3.35. The van der Waals surface area contributed by atoms with Crippen molar-refractivity contribution in [3.63, 3.8) is 0 Å². The van der Waals surface area contributed by atoms with Crippen LogP contribution < -0.4 is 0 Å². The normalized spacial score (nSPS) is 9.73. The Morgan fingerprint density at radius 3 is 2.64 bits per heavy atom. The van der Waals surface area contributed by atoms with Crippen molar-refractivity contribution in [1.29, 1.82) is 0 Å². The number of amides is 1. The third-order valence-corrected chi connectivity index (χ3v) is 1.44. The molecule has 0 fully saturated rings. The van der Waals surface area contributed by atoms with Crippen molar-refractivity contribution in [3.8, 4) is 0 Å². The maximum Gasteiger partial charge on any atom is 0.274 e. The van der Waals surface area contributed by atoms with E-state index in [0.29, 0.717) is 5.69 Å². The topological polar surface area (TPSA) is 49.0 Å². The second-order valence-electron chi connectivity index (χ2n) is 2.62. The lowest BCUT2D eigenvalue weighted by Crippen LogP contribution is -2.22. The summed E-state index contributed by atoms with van der Waals surface area (Å²) in [6.45, 7) is 1.85. The Morgan fingerprint density at radius 1 is 1.64 bits per heavy atom. The molecule has 0 bridgehead atoms. The highest BCUT2D eigenvalue weighted by Gasteiger charge is 2.12. The lowest BCUT2D eigenvalue weighted by atomic mass is 10.2. The zero-order valence-corrected chi connectivity index (χ0v) is 6.88. The smallest absolute Gasteiger partial charge is 0.274 e. The number of carbonyl (C=O) groups is 1. The van der Waals surface area contributed by atoms with Gasteiger partial charge in [0, 0.05) is 20.3 Å². The second-order valence-corrected chi connectivity index (χ2v) is 2.62. The summed E-state index contributed by atoms with van der Waals surface area (Å²) in [6.07, 6.45) is 1.71. The van der Waals surface area contributed by atoms with Gasteiger partial charge in [-0.1, -0.05) is 0 Å². The van der Waals surface area contributed by atoms with Gasteiger partial charge in [0.2, 0.25) is 0 Å². The van der Waals surface area contributed by atoms with Gasteiger partial charge in [0.15, 0.2) is 5.69 Å². The maximum absolute atomic E-state index is 11.3. The third-order valence-electron chi connectivity index (χ3n) is 1.44. The number of aromatic nitrogens is 2. The van der Waals surface area contributed by atoms with Crippen LogP contribution in [0.25, 0.3) is 0 Å². The van der Waals surface area contributed by atoms with Crippen LogP contribution in [0.1, 0.15) is 16.1 Å². The van der Waals surface area contributed by atoms with Crippen LogP contribution in [0.2, 0.25) is 0 Å². The molecule has 60 valence electrons. The summed E-state index contributed by atoms with van der Waals surface area (Å²) in [5.41, 5.74) is 1.37. The first-order valence-corrected chi connectivity index (χ1v) is 3.35. The highest BCUT2D eigenvalue weighted by atomic mass is 16.2. The van der Waals surface area contributed by atoms with Crippen molar-refractivity contribution < 1.29 is 4.79 Å². The standard InChI is InChI=1S/C7H11N3O/c1-5-4-8-9-6(5)7(11)10(2)3/h4H,1-3H3,(H,8,9). The Labute approximate surface area is 65.2 Å². The Kier molecular flexibility index (Phi) is 1.94. The number of nitrogens with zero attached hydrogens (tertiary/aromatic N) is 2. The predicted molar refractivity (Wildman–Crippen MR) is 41.3 cm³/mol. The Bertz CT molecular complexity index is 264. The van der Waals surface area contributed by atoms with Crippen LogP contribution >= 0.6 is 0 Å². The fourth-order valence-electron chi connectivity index (χ4n) is 0.778. The molecule has 1 aromatic rings. The zero-order chi connectivity index (χ0) is 8.43. The monoisotopic (exact) mass is 153 g/mol. The molecule has 1 heterocycles. The van der Waals surface area contributed by atoms with E-state index in [1.165, 1.54) is 4.90 Å². The molecule has 0 aliphatic rings. The number of H-pyrrole nitrogens is 1. The minimum absolute atomic E-state index is 0.0660. The molecule has 0 saturated carbocycles. The Morgan fingerprint density at radius 2 is 2.27 bits per heavy atom. The van der Waals surface area contributed by atoms with Crippen LogP contribution in [-0.4, -0.2) is 35.1 Å². The number of aromatic amines is 1. The number of nitrogens with one attached hydrogen (secondary N) is 1. The van der Waals surface area contributed by atoms with Gasteiger partial charge >= 0.3 is 0 Å². The van der Waals surface area contributed by atoms with Crippen LogP contribution in [0.5, 0.6) is 0 Å². The molecule has 0 atom stereocenters. The van der Waals surface area contributed by atoms with Crippen LogP contribution in [0.15, 0.2) is 6.20 Å². The van der Waals surface area contributed by atoms with Crippen molar-refractivity contribution in [2.45, 2.75) is 6.92 Å². The van der Waals surface area contributed by atoms with Gasteiger partial charge in [-0.25, -0.2) is 0 Å². The van der Waals surface area contributed by atoms with Crippen molar-refractivity contribution in [1.82, 2.24) is 15.1 Å². The minimum atomic E-state index is -0.0660. The predicted octanol–water partition coefficient (Wildman–Crippen LogP) is 0.420. The molecule has 0 spiro atoms. The van der Waals surface area contributed by atoms with Crippen molar-refractivity contribution >= 4 is 5.91 Å². The van der Waals surface area contributed by atoms with Gasteiger partial charge in [-0.3, -0.25) is 9.89 Å². The average molecular weight is 153 g/mol. The lowest BCUT2D eigenvalue weighted by Gasteiger charge is -2.07. The SMILES string of the molecule is Cc1c[nH]nc1C(=O)N(C)C. The van der Waals surface area contributed by atoms with Crippen molar-refractivity contribution in [2.24, 2.45) is 0 Å². The highest BCUT2D eigenvalue weighted by Crippen LogP contribution is 2.03. The maximum atomic E-state index is 11.3. The third kappa shape index (κ3) is 1.39. The van der Waals surface area contributed by atoms with Gasteiger partial charge < -0.3 is 4.90 Å². The molecule has 4 nitrogen and oxygen atoms in total. The van der Waals surface area contributed by atoms with E-state index in [1.54, 1.807) is 20.3 Å². The van der Waals surface area contributed by atoms with E-state index in [4.69, 9.17) is 0 Å². The van der Waals surface area contributed by atoms with Crippen molar-refractivity contribution in [2.75, 3.05) is 14.1 Å². The van der Waals surface area contributed by atoms with Crippen LogP contribution in [0, 0.1) is 6.92 Å². The average Bonchev–Trinajstić information content (AvgIpc) is 2.33. The molecule has 0 aliphatic carbocycles. The van der Waals surface area contributed by atoms with Gasteiger partial charge in [0.05, 0.1) is 0 Å². The van der Waals surface area contributed by atoms with Gasteiger partial charge in [-0.05, 0) is 12.5 Å². The quantitative estimate of drug-likeness (QED) is 0.635. The Balaban J connectivity index is 2.93. The minimum Gasteiger partial charge on any atom is -0.343 e. The van der Waals surface area contributed by atoms with E-state index in [1.807, 2.05) is 6.92 Å². The van der Waals surface area contributed by atoms with Gasteiger partial charge in [-0.2, -0.15) is 5.10 Å². The molecule has 1 amide bonds. The zero-order valence-electron chi connectivity index (χ0n) is 6.88. The summed E-state index contributed by atoms with van der Waals surface area (Å²) in [4.78, 5) is 12.8. The lowest BCUT2D eigenvalue weighted by molar-refractivity contribution is 0.0821. The van der Waals surface area contributed by atoms with Crippen LogP contribution in [-0.2, 0) is 0 Å². The molecule has 1 aromatic heterocycles. The van der Waals surface area contributed by atoms with E-state index in [0.717, 1.165) is 5.56 Å². The largest absolute Gasteiger partial charge is 0.343 e. The molecule has 0 aromatic carbocycles. The summed E-state index contributed by atoms with van der Waals surface area (Å²) >= 11 is 0. The van der Waals surface area contributed by atoms with Gasteiger partial charge in [0.25, 0.3) is 5.91 Å². The molecule has 0 saturated heterocycles. The van der Waals surface area contributed by atoms with Crippen LogP contribution in [0.4, 0.5) is 0 Å². The van der Waals surface area contributed by atoms with E-state index >= 15 is 0 Å². The molecule has 0 unspecified atom stereocenters. The molecule has 0 radical (unpaired) electrons. The molecule has 1 N–H and O–H groups in total. The van der Waals surface area contributed by atoms with Crippen molar-refractivity contribution in [3.05, 3.63) is 17.5 Å². The fourth-order valence-corrected chi connectivity index (χ4v) is 0.778. The number of aryl methyl sites for hydroxylation is 1. The molecular weight excluding hydrogens is 142 g/mol. The molecule has 11 heavy (non-hydrogen) atoms. The van der Waals surface area contributed by atoms with Gasteiger partial charge in [-0.15, -0.1) is 0 Å². The summed E-state index contributed by atoms with van der Waals surface area (Å²) in [7, 11) is 3.41. The van der Waals surface area contributed by atoms with E-state index in [9.17, 15) is 4.79 Å². The molecular formula is C7H11N3O. The number of carbonyl (C=O) groups excluding carboxylic acids is 1. The first kappa shape index (κ1) is 7.78. The van der Waals surface area contributed by atoms with E-state index < -0.39 is 0 Å². The molecule has 4 heteroatoms. The summed E-state index contributed by atoms with van der Waals surface area (Å²) in [5.74, 6) is -0.0660. The Hall–Kier alpha value is -1.32. The fraction of sp³-hybridized carbons (Fsp3) is 0.429. The van der Waals surface area contributed by atoms with Crippen LogP contribution in [0.3, 0.4) is 0 Å².